The lowest BCUT2D eigenvalue weighted by Crippen LogP contribution is -2.40. The number of carbonyl (C=O) groups is 1. The van der Waals surface area contributed by atoms with Crippen molar-refractivity contribution in [2.75, 3.05) is 22.7 Å². The van der Waals surface area contributed by atoms with Crippen LogP contribution in [-0.2, 0) is 11.3 Å². The number of aromatic nitrogens is 2. The lowest BCUT2D eigenvalue weighted by Gasteiger charge is -2.28. The van der Waals surface area contributed by atoms with Gasteiger partial charge in [0.1, 0.15) is 17.6 Å². The molecule has 0 saturated heterocycles. The lowest BCUT2D eigenvalue weighted by molar-refractivity contribution is -0.117. The minimum atomic E-state index is -0.284. The Kier molecular flexibility index (Phi) is 4.47. The number of hydrogen-bond donors (Lipinski definition) is 3. The molecule has 142 valence electrons. The Morgan fingerprint density at radius 3 is 2.89 bits per heavy atom. The summed E-state index contributed by atoms with van der Waals surface area (Å²) in [6.07, 6.45) is 0.744. The predicted molar refractivity (Wildman–Crippen MR) is 102 cm³/mol. The van der Waals surface area contributed by atoms with Crippen LogP contribution in [0.5, 0.6) is 11.5 Å². The molecule has 1 aromatic heterocycles. The number of hydrogen-bond acceptors (Lipinski definition) is 7. The van der Waals surface area contributed by atoms with Gasteiger partial charge in [0, 0.05) is 6.54 Å². The number of rotatable bonds is 5. The summed E-state index contributed by atoms with van der Waals surface area (Å²) >= 11 is 0. The highest BCUT2D eigenvalue weighted by Gasteiger charge is 2.29. The number of carbonyl (C=O) groups excluding carboxylic acids is 1. The monoisotopic (exact) mass is 369 g/mol. The Bertz CT molecular complexity index is 884. The molecule has 3 N–H and O–H groups in total. The van der Waals surface area contributed by atoms with Gasteiger partial charge >= 0.3 is 0 Å². The van der Waals surface area contributed by atoms with Gasteiger partial charge in [0.2, 0.25) is 12.7 Å². The second kappa shape index (κ2) is 6.94. The molecule has 0 radical (unpaired) electrons. The Hall–Kier alpha value is -3.03. The third-order valence-electron chi connectivity index (χ3n) is 4.50. The van der Waals surface area contributed by atoms with Crippen LogP contribution in [0.4, 0.5) is 17.3 Å². The first-order valence-electron chi connectivity index (χ1n) is 9.08. The Labute approximate surface area is 157 Å². The summed E-state index contributed by atoms with van der Waals surface area (Å²) < 4.78 is 10.8. The van der Waals surface area contributed by atoms with Gasteiger partial charge in [-0.1, -0.05) is 19.9 Å². The van der Waals surface area contributed by atoms with Crippen LogP contribution in [0.3, 0.4) is 0 Å². The number of amides is 1. The molecule has 4 rings (SSSR count). The van der Waals surface area contributed by atoms with Gasteiger partial charge in [0.05, 0.1) is 0 Å². The van der Waals surface area contributed by atoms with Gasteiger partial charge in [-0.05, 0) is 37.0 Å². The van der Waals surface area contributed by atoms with Crippen molar-refractivity contribution in [3.8, 4) is 11.5 Å². The smallest absolute Gasteiger partial charge is 0.247 e. The first-order valence-corrected chi connectivity index (χ1v) is 9.08. The molecule has 27 heavy (non-hydrogen) atoms. The van der Waals surface area contributed by atoms with E-state index in [0.29, 0.717) is 35.6 Å². The normalized spacial score (nSPS) is 17.3. The maximum absolute atomic E-state index is 12.4. The SMILES string of the molecule is Cc1nc(NCc2ccc3c(c2)OCO3)c2c(n1)NC(CC(C)C)C(=O)N2. The van der Waals surface area contributed by atoms with E-state index in [2.05, 4.69) is 39.8 Å². The molecule has 0 spiro atoms. The van der Waals surface area contributed by atoms with Crippen molar-refractivity contribution < 1.29 is 14.3 Å². The second-order valence-electron chi connectivity index (χ2n) is 7.20. The molecule has 3 heterocycles. The molecular weight excluding hydrogens is 346 g/mol. The zero-order valence-corrected chi connectivity index (χ0v) is 15.6. The van der Waals surface area contributed by atoms with E-state index >= 15 is 0 Å². The first-order chi connectivity index (χ1) is 13.0. The highest BCUT2D eigenvalue weighted by molar-refractivity contribution is 6.04. The number of aryl methyl sites for hydroxylation is 1. The zero-order valence-electron chi connectivity index (χ0n) is 15.6. The maximum Gasteiger partial charge on any atom is 0.247 e. The van der Waals surface area contributed by atoms with Crippen LogP contribution in [0.1, 0.15) is 31.7 Å². The molecular formula is C19H23N5O3. The molecule has 2 aromatic rings. The van der Waals surface area contributed by atoms with Crippen molar-refractivity contribution in [1.82, 2.24) is 9.97 Å². The van der Waals surface area contributed by atoms with Gasteiger partial charge in [0.15, 0.2) is 23.1 Å². The van der Waals surface area contributed by atoms with Crippen LogP contribution in [0.25, 0.3) is 0 Å². The van der Waals surface area contributed by atoms with Crippen molar-refractivity contribution in [3.05, 3.63) is 29.6 Å². The molecule has 0 saturated carbocycles. The molecule has 8 nitrogen and oxygen atoms in total. The van der Waals surface area contributed by atoms with E-state index in [0.717, 1.165) is 23.5 Å². The minimum absolute atomic E-state index is 0.0604. The fraction of sp³-hybridized carbons (Fsp3) is 0.421. The van der Waals surface area contributed by atoms with E-state index in [1.54, 1.807) is 0 Å². The topological polar surface area (TPSA) is 97.4 Å². The molecule has 1 atom stereocenters. The molecule has 8 heteroatoms. The van der Waals surface area contributed by atoms with Crippen molar-refractivity contribution >= 4 is 23.2 Å². The van der Waals surface area contributed by atoms with Gasteiger partial charge in [0.25, 0.3) is 0 Å². The fourth-order valence-corrected chi connectivity index (χ4v) is 3.24. The van der Waals surface area contributed by atoms with Gasteiger partial charge in [-0.2, -0.15) is 0 Å². The van der Waals surface area contributed by atoms with Gasteiger partial charge in [-0.3, -0.25) is 4.79 Å². The number of benzene rings is 1. The third-order valence-corrected chi connectivity index (χ3v) is 4.50. The average Bonchev–Trinajstić information content (AvgIpc) is 3.08. The fourth-order valence-electron chi connectivity index (χ4n) is 3.24. The number of nitrogens with zero attached hydrogens (tertiary/aromatic N) is 2. The third kappa shape index (κ3) is 3.60. The maximum atomic E-state index is 12.4. The van der Waals surface area contributed by atoms with E-state index in [9.17, 15) is 4.79 Å². The number of nitrogens with one attached hydrogen (secondary N) is 3. The van der Waals surface area contributed by atoms with Gasteiger partial charge in [-0.15, -0.1) is 0 Å². The number of anilines is 3. The number of ether oxygens (including phenoxy) is 2. The summed E-state index contributed by atoms with van der Waals surface area (Å²) in [5.74, 6) is 3.72. The molecule has 0 aliphatic carbocycles. The first kappa shape index (κ1) is 17.4. The summed E-state index contributed by atoms with van der Waals surface area (Å²) in [5, 5.41) is 9.50. The van der Waals surface area contributed by atoms with Gasteiger partial charge in [-0.25, -0.2) is 9.97 Å². The molecule has 1 aromatic carbocycles. The summed E-state index contributed by atoms with van der Waals surface area (Å²) in [6, 6.07) is 5.51. The molecule has 2 aliphatic heterocycles. The van der Waals surface area contributed by atoms with Gasteiger partial charge < -0.3 is 25.4 Å². The Morgan fingerprint density at radius 1 is 1.26 bits per heavy atom. The molecule has 1 amide bonds. The van der Waals surface area contributed by atoms with Crippen molar-refractivity contribution in [1.29, 1.82) is 0 Å². The predicted octanol–water partition coefficient (Wildman–Crippen LogP) is 2.90. The number of fused-ring (bicyclic) bond motifs is 2. The summed E-state index contributed by atoms with van der Waals surface area (Å²) in [6.45, 7) is 6.80. The van der Waals surface area contributed by atoms with E-state index < -0.39 is 0 Å². The lowest BCUT2D eigenvalue weighted by atomic mass is 10.0. The van der Waals surface area contributed by atoms with Crippen LogP contribution in [0.15, 0.2) is 18.2 Å². The van der Waals surface area contributed by atoms with Crippen LogP contribution in [0, 0.1) is 12.8 Å². The van der Waals surface area contributed by atoms with Crippen molar-refractivity contribution in [3.63, 3.8) is 0 Å². The molecule has 1 unspecified atom stereocenters. The Balaban J connectivity index is 1.54. The van der Waals surface area contributed by atoms with E-state index in [-0.39, 0.29) is 18.7 Å². The van der Waals surface area contributed by atoms with Crippen LogP contribution in [-0.4, -0.2) is 28.7 Å². The van der Waals surface area contributed by atoms with Crippen LogP contribution >= 0.6 is 0 Å². The zero-order chi connectivity index (χ0) is 19.0. The van der Waals surface area contributed by atoms with Crippen LogP contribution < -0.4 is 25.4 Å². The van der Waals surface area contributed by atoms with Crippen molar-refractivity contribution in [2.24, 2.45) is 5.92 Å². The molecule has 0 fully saturated rings. The quantitative estimate of drug-likeness (QED) is 0.745. The van der Waals surface area contributed by atoms with E-state index in [1.165, 1.54) is 0 Å². The van der Waals surface area contributed by atoms with E-state index in [1.807, 2.05) is 25.1 Å². The molecule has 0 bridgehead atoms. The van der Waals surface area contributed by atoms with Crippen molar-refractivity contribution in [2.45, 2.75) is 39.8 Å². The summed E-state index contributed by atoms with van der Waals surface area (Å²) in [5.41, 5.74) is 1.61. The Morgan fingerprint density at radius 2 is 2.07 bits per heavy atom. The van der Waals surface area contributed by atoms with Crippen LogP contribution in [0.2, 0.25) is 0 Å². The van der Waals surface area contributed by atoms with E-state index in [4.69, 9.17) is 9.47 Å². The second-order valence-corrected chi connectivity index (χ2v) is 7.20. The summed E-state index contributed by atoms with van der Waals surface area (Å²) in [7, 11) is 0. The highest BCUT2D eigenvalue weighted by Crippen LogP contribution is 2.34. The standard InChI is InChI=1S/C19H23N5O3/c1-10(2)6-13-19(25)24-16-17(21-11(3)22-18(16)23-13)20-8-12-4-5-14-15(7-12)27-9-26-14/h4-5,7,10,13H,6,8-9H2,1-3H3,(H,24,25)(H2,20,21,22,23). The highest BCUT2D eigenvalue weighted by atomic mass is 16.7. The minimum Gasteiger partial charge on any atom is -0.454 e. The largest absolute Gasteiger partial charge is 0.454 e. The molecule has 2 aliphatic rings. The average molecular weight is 369 g/mol. The summed E-state index contributed by atoms with van der Waals surface area (Å²) in [4.78, 5) is 21.4.